The summed E-state index contributed by atoms with van der Waals surface area (Å²) >= 11 is 5.66. The van der Waals surface area contributed by atoms with Gasteiger partial charge in [-0.05, 0) is 32.2 Å². The molecule has 0 fully saturated rings. The van der Waals surface area contributed by atoms with Gasteiger partial charge in [0.05, 0.1) is 4.70 Å². The molecule has 0 aliphatic heterocycles. The van der Waals surface area contributed by atoms with E-state index in [0.717, 1.165) is 0 Å². The van der Waals surface area contributed by atoms with Gasteiger partial charge in [-0.1, -0.05) is 6.08 Å². The Bertz CT molecular complexity index is 474. The highest BCUT2D eigenvalue weighted by atomic mass is 32.2. The summed E-state index contributed by atoms with van der Waals surface area (Å²) in [6.07, 6.45) is 6.48. The molecule has 14 heavy (non-hydrogen) atoms. The monoisotopic (exact) mass is 240 g/mol. The van der Waals surface area contributed by atoms with E-state index >= 15 is 0 Å². The van der Waals surface area contributed by atoms with Crippen LogP contribution in [0.1, 0.15) is 16.7 Å². The summed E-state index contributed by atoms with van der Waals surface area (Å²) in [6, 6.07) is 2.29. The van der Waals surface area contributed by atoms with Crippen LogP contribution in [0.15, 0.2) is 17.0 Å². The van der Waals surface area contributed by atoms with E-state index in [2.05, 4.69) is 38.3 Å². The maximum absolute atomic E-state index is 2.29. The van der Waals surface area contributed by atoms with Crippen LogP contribution in [0.4, 0.5) is 0 Å². The summed E-state index contributed by atoms with van der Waals surface area (Å²) in [5.41, 5.74) is 0. The van der Waals surface area contributed by atoms with Crippen molar-refractivity contribution in [1.82, 2.24) is 0 Å². The average Bonchev–Trinajstić information content (AvgIpc) is 2.61. The van der Waals surface area contributed by atoms with Gasteiger partial charge in [0.1, 0.15) is 0 Å². The third kappa shape index (κ3) is 1.64. The molecule has 0 nitrogen and oxygen atoms in total. The molecule has 0 spiro atoms. The molecular formula is C11H12S3. The second kappa shape index (κ2) is 4.09. The fraction of sp³-hybridized carbons (Fsp3) is 0.273. The van der Waals surface area contributed by atoms with Crippen molar-refractivity contribution in [3.05, 3.63) is 21.9 Å². The minimum absolute atomic E-state index is 1.40. The van der Waals surface area contributed by atoms with E-state index in [1.165, 1.54) is 24.0 Å². The molecule has 0 bridgehead atoms. The van der Waals surface area contributed by atoms with Crippen molar-refractivity contribution in [3.8, 4) is 0 Å². The Morgan fingerprint density at radius 3 is 2.79 bits per heavy atom. The number of rotatable bonds is 2. The first-order valence-corrected chi connectivity index (χ1v) is 7.31. The quantitative estimate of drug-likeness (QED) is 0.664. The van der Waals surface area contributed by atoms with Crippen LogP contribution in [-0.4, -0.2) is 6.26 Å². The summed E-state index contributed by atoms with van der Waals surface area (Å²) in [4.78, 5) is 4.26. The van der Waals surface area contributed by atoms with E-state index in [1.807, 2.05) is 34.4 Å². The van der Waals surface area contributed by atoms with Gasteiger partial charge in [-0.25, -0.2) is 0 Å². The first kappa shape index (κ1) is 10.3. The van der Waals surface area contributed by atoms with Gasteiger partial charge in [0.2, 0.25) is 0 Å². The molecule has 2 rings (SSSR count). The van der Waals surface area contributed by atoms with E-state index < -0.39 is 0 Å². The lowest BCUT2D eigenvalue weighted by molar-refractivity contribution is 1.65. The van der Waals surface area contributed by atoms with Crippen LogP contribution < -0.4 is 0 Å². The highest BCUT2D eigenvalue weighted by Crippen LogP contribution is 2.42. The number of aryl methyl sites for hydroxylation is 1. The predicted molar refractivity (Wildman–Crippen MR) is 70.9 cm³/mol. The first-order chi connectivity index (χ1) is 6.76. The van der Waals surface area contributed by atoms with Crippen molar-refractivity contribution >= 4 is 49.9 Å². The Balaban J connectivity index is 2.68. The summed E-state index contributed by atoms with van der Waals surface area (Å²) in [5, 5.41) is 0. The molecule has 3 heteroatoms. The number of hydrogen-bond donors (Lipinski definition) is 0. The lowest BCUT2D eigenvalue weighted by Gasteiger charge is -1.93. The summed E-state index contributed by atoms with van der Waals surface area (Å²) in [7, 11) is 0. The molecule has 0 saturated carbocycles. The number of hydrogen-bond acceptors (Lipinski definition) is 3. The maximum Gasteiger partial charge on any atom is 0.0595 e. The number of thioether (sulfide) groups is 1. The second-order valence-electron chi connectivity index (χ2n) is 3.05. The maximum atomic E-state index is 2.29. The molecule has 0 aliphatic rings. The lowest BCUT2D eigenvalue weighted by Crippen LogP contribution is -1.66. The summed E-state index contributed by atoms with van der Waals surface area (Å²) < 4.78 is 2.90. The Labute approximate surface area is 96.7 Å². The van der Waals surface area contributed by atoms with Crippen LogP contribution in [-0.2, 0) is 0 Å². The fourth-order valence-electron chi connectivity index (χ4n) is 1.46. The zero-order valence-electron chi connectivity index (χ0n) is 8.46. The minimum atomic E-state index is 1.40. The summed E-state index contributed by atoms with van der Waals surface area (Å²) in [6.45, 7) is 4.25. The number of allylic oxidation sites excluding steroid dienone is 1. The second-order valence-corrected chi connectivity index (χ2v) is 6.21. The molecule has 0 saturated heterocycles. The van der Waals surface area contributed by atoms with E-state index in [-0.39, 0.29) is 0 Å². The van der Waals surface area contributed by atoms with Crippen LogP contribution in [0.2, 0.25) is 0 Å². The molecule has 2 aromatic rings. The topological polar surface area (TPSA) is 0 Å². The highest BCUT2D eigenvalue weighted by Gasteiger charge is 2.11. The normalized spacial score (nSPS) is 11.9. The summed E-state index contributed by atoms with van der Waals surface area (Å²) in [5.74, 6) is 0. The van der Waals surface area contributed by atoms with E-state index in [9.17, 15) is 0 Å². The molecule has 74 valence electrons. The molecule has 0 aromatic carbocycles. The molecule has 0 atom stereocenters. The Morgan fingerprint density at radius 2 is 2.14 bits per heavy atom. The number of thiophene rings is 2. The standard InChI is InChI=1S/C11H12S3/c1-4-5-8-10(12-3)11-9(14-8)6-7(2)13-11/h4-6H,1-3H3/b5-4+. The lowest BCUT2D eigenvalue weighted by atomic mass is 10.4. The first-order valence-electron chi connectivity index (χ1n) is 4.46. The molecule has 0 radical (unpaired) electrons. The third-order valence-electron chi connectivity index (χ3n) is 1.99. The zero-order valence-corrected chi connectivity index (χ0v) is 10.9. The predicted octanol–water partition coefficient (Wildman–Crippen LogP) is 5.03. The van der Waals surface area contributed by atoms with E-state index in [0.29, 0.717) is 0 Å². The van der Waals surface area contributed by atoms with Gasteiger partial charge >= 0.3 is 0 Å². The van der Waals surface area contributed by atoms with Crippen molar-refractivity contribution < 1.29 is 0 Å². The van der Waals surface area contributed by atoms with Crippen LogP contribution in [0.5, 0.6) is 0 Å². The largest absolute Gasteiger partial charge is 0.138 e. The SMILES string of the molecule is C/C=C/c1sc2cc(C)sc2c1SC. The van der Waals surface area contributed by atoms with Crippen LogP contribution in [0, 0.1) is 6.92 Å². The molecular weight excluding hydrogens is 228 g/mol. The van der Waals surface area contributed by atoms with Crippen LogP contribution in [0.3, 0.4) is 0 Å². The van der Waals surface area contributed by atoms with Crippen LogP contribution in [0.25, 0.3) is 15.5 Å². The molecule has 0 amide bonds. The average molecular weight is 240 g/mol. The molecule has 2 aromatic heterocycles. The van der Waals surface area contributed by atoms with Gasteiger partial charge < -0.3 is 0 Å². The molecule has 0 aliphatic carbocycles. The van der Waals surface area contributed by atoms with E-state index in [4.69, 9.17) is 0 Å². The number of fused-ring (bicyclic) bond motifs is 1. The van der Waals surface area contributed by atoms with Crippen molar-refractivity contribution in [2.24, 2.45) is 0 Å². The third-order valence-corrected chi connectivity index (χ3v) is 5.38. The zero-order chi connectivity index (χ0) is 10.1. The van der Waals surface area contributed by atoms with Crippen molar-refractivity contribution in [2.45, 2.75) is 18.7 Å². The van der Waals surface area contributed by atoms with Gasteiger partial charge in [0.25, 0.3) is 0 Å². The Morgan fingerprint density at radius 1 is 1.36 bits per heavy atom. The van der Waals surface area contributed by atoms with E-state index in [1.54, 1.807) is 0 Å². The molecule has 2 heterocycles. The Kier molecular flexibility index (Phi) is 3.00. The van der Waals surface area contributed by atoms with Gasteiger partial charge in [-0.15, -0.1) is 34.4 Å². The molecule has 0 N–H and O–H groups in total. The van der Waals surface area contributed by atoms with Crippen LogP contribution >= 0.6 is 34.4 Å². The van der Waals surface area contributed by atoms with Gasteiger partial charge in [0.15, 0.2) is 0 Å². The Hall–Kier alpha value is -0.250. The van der Waals surface area contributed by atoms with Crippen molar-refractivity contribution in [1.29, 1.82) is 0 Å². The van der Waals surface area contributed by atoms with Gasteiger partial charge in [-0.3, -0.25) is 0 Å². The highest BCUT2D eigenvalue weighted by molar-refractivity contribution is 7.99. The minimum Gasteiger partial charge on any atom is -0.138 e. The van der Waals surface area contributed by atoms with Gasteiger partial charge in [-0.2, -0.15) is 0 Å². The van der Waals surface area contributed by atoms with Crippen molar-refractivity contribution in [2.75, 3.05) is 6.26 Å². The molecule has 0 unspecified atom stereocenters. The van der Waals surface area contributed by atoms with Crippen molar-refractivity contribution in [3.63, 3.8) is 0 Å². The fourth-order valence-corrected chi connectivity index (χ4v) is 5.15. The van der Waals surface area contributed by atoms with Gasteiger partial charge in [0, 0.05) is 19.3 Å². The smallest absolute Gasteiger partial charge is 0.0595 e.